The molecule has 5 N–H and O–H groups in total. The summed E-state index contributed by atoms with van der Waals surface area (Å²) in [4.78, 5) is 38.8. The average molecular weight is 298 g/mol. The molecule has 8 heteroatoms. The zero-order valence-electron chi connectivity index (χ0n) is 11.6. The number of nitrogens with one attached hydrogen (secondary N) is 1. The van der Waals surface area contributed by atoms with E-state index in [9.17, 15) is 14.4 Å². The van der Waals surface area contributed by atoms with Gasteiger partial charge in [0.2, 0.25) is 11.8 Å². The first-order valence-electron chi connectivity index (χ1n) is 6.08. The number of primary amides is 2. The molecular formula is C12H18N4O3S. The van der Waals surface area contributed by atoms with Crippen LogP contribution in [0, 0.1) is 12.8 Å². The Morgan fingerprint density at radius 3 is 2.25 bits per heavy atom. The van der Waals surface area contributed by atoms with Crippen LogP contribution in [0.25, 0.3) is 0 Å². The van der Waals surface area contributed by atoms with Gasteiger partial charge in [-0.3, -0.25) is 14.4 Å². The van der Waals surface area contributed by atoms with Crippen molar-refractivity contribution in [3.8, 4) is 0 Å². The van der Waals surface area contributed by atoms with Gasteiger partial charge in [-0.1, -0.05) is 13.8 Å². The van der Waals surface area contributed by atoms with Crippen LogP contribution < -0.4 is 16.8 Å². The molecule has 0 bridgehead atoms. The normalized spacial score (nSPS) is 10.8. The summed E-state index contributed by atoms with van der Waals surface area (Å²) in [6.45, 7) is 5.79. The molecule has 0 aliphatic rings. The van der Waals surface area contributed by atoms with E-state index >= 15 is 0 Å². The van der Waals surface area contributed by atoms with Crippen LogP contribution in [-0.2, 0) is 16.0 Å². The predicted octanol–water partition coefficient (Wildman–Crippen LogP) is -0.281. The first-order chi connectivity index (χ1) is 9.22. The Morgan fingerprint density at radius 1 is 1.25 bits per heavy atom. The van der Waals surface area contributed by atoms with E-state index in [-0.39, 0.29) is 0 Å². The van der Waals surface area contributed by atoms with Crippen molar-refractivity contribution in [2.45, 2.75) is 33.2 Å². The summed E-state index contributed by atoms with van der Waals surface area (Å²) < 4.78 is 0. The van der Waals surface area contributed by atoms with E-state index in [0.29, 0.717) is 16.5 Å². The zero-order valence-corrected chi connectivity index (χ0v) is 12.4. The maximum Gasteiger partial charge on any atom is 0.264 e. The molecule has 0 aliphatic heterocycles. The van der Waals surface area contributed by atoms with Crippen molar-refractivity contribution in [1.82, 2.24) is 10.3 Å². The summed E-state index contributed by atoms with van der Waals surface area (Å²) >= 11 is 1.23. The van der Waals surface area contributed by atoms with E-state index in [4.69, 9.17) is 11.5 Å². The van der Waals surface area contributed by atoms with Gasteiger partial charge >= 0.3 is 0 Å². The van der Waals surface area contributed by atoms with Crippen LogP contribution in [0.2, 0.25) is 0 Å². The van der Waals surface area contributed by atoms with Gasteiger partial charge in [0.25, 0.3) is 5.91 Å². The fourth-order valence-electron chi connectivity index (χ4n) is 1.58. The molecule has 1 heterocycles. The third kappa shape index (κ3) is 4.02. The van der Waals surface area contributed by atoms with Crippen LogP contribution in [0.15, 0.2) is 0 Å². The van der Waals surface area contributed by atoms with Crippen LogP contribution >= 0.6 is 11.3 Å². The van der Waals surface area contributed by atoms with Crippen LogP contribution in [0.3, 0.4) is 0 Å². The standard InChI is InChI=1S/C12H18N4O3S/c1-5(2)4-7-15-6(3)9(20-7)12(19)16-8(10(13)17)11(14)18/h5,8H,4H2,1-3H3,(H2,13,17)(H2,14,18)(H,16,19). The molecule has 0 unspecified atom stereocenters. The summed E-state index contributed by atoms with van der Waals surface area (Å²) in [6.07, 6.45) is 0.758. The first-order valence-corrected chi connectivity index (χ1v) is 6.89. The molecule has 20 heavy (non-hydrogen) atoms. The number of aromatic nitrogens is 1. The van der Waals surface area contributed by atoms with E-state index in [1.807, 2.05) is 13.8 Å². The molecule has 0 radical (unpaired) electrons. The molecule has 0 fully saturated rings. The lowest BCUT2D eigenvalue weighted by molar-refractivity contribution is -0.128. The van der Waals surface area contributed by atoms with Gasteiger partial charge in [-0.05, 0) is 12.8 Å². The fourth-order valence-corrected chi connectivity index (χ4v) is 2.76. The molecule has 0 saturated carbocycles. The number of nitrogens with two attached hydrogens (primary N) is 2. The minimum Gasteiger partial charge on any atom is -0.367 e. The van der Waals surface area contributed by atoms with Gasteiger partial charge < -0.3 is 16.8 Å². The number of carbonyl (C=O) groups excluding carboxylic acids is 3. The number of carbonyl (C=O) groups is 3. The van der Waals surface area contributed by atoms with E-state index in [0.717, 1.165) is 11.4 Å². The topological polar surface area (TPSA) is 128 Å². The fraction of sp³-hybridized carbons (Fsp3) is 0.500. The molecule has 0 aromatic carbocycles. The Bertz CT molecular complexity index is 525. The van der Waals surface area contributed by atoms with Crippen LogP contribution in [0.5, 0.6) is 0 Å². The SMILES string of the molecule is Cc1nc(CC(C)C)sc1C(=O)NC(C(N)=O)C(N)=O. The molecule has 110 valence electrons. The molecule has 1 aromatic heterocycles. The summed E-state index contributed by atoms with van der Waals surface area (Å²) in [5, 5.41) is 3.05. The smallest absolute Gasteiger partial charge is 0.264 e. The number of nitrogens with zero attached hydrogens (tertiary/aromatic N) is 1. The van der Waals surface area contributed by atoms with Crippen molar-refractivity contribution in [2.75, 3.05) is 0 Å². The second-order valence-electron chi connectivity index (χ2n) is 4.83. The van der Waals surface area contributed by atoms with E-state index in [1.165, 1.54) is 11.3 Å². The van der Waals surface area contributed by atoms with Crippen molar-refractivity contribution in [3.05, 3.63) is 15.6 Å². The molecule has 3 amide bonds. The predicted molar refractivity (Wildman–Crippen MR) is 75.0 cm³/mol. The number of amides is 3. The Labute approximate surface area is 120 Å². The summed E-state index contributed by atoms with van der Waals surface area (Å²) in [5.41, 5.74) is 10.6. The molecule has 0 spiro atoms. The quantitative estimate of drug-likeness (QED) is 0.624. The average Bonchev–Trinajstić information content (AvgIpc) is 2.64. The molecule has 1 aromatic rings. The van der Waals surface area contributed by atoms with Gasteiger partial charge in [0.1, 0.15) is 4.88 Å². The number of rotatable bonds is 6. The highest BCUT2D eigenvalue weighted by Gasteiger charge is 2.26. The van der Waals surface area contributed by atoms with Crippen molar-refractivity contribution in [1.29, 1.82) is 0 Å². The highest BCUT2D eigenvalue weighted by molar-refractivity contribution is 7.13. The van der Waals surface area contributed by atoms with Crippen molar-refractivity contribution in [3.63, 3.8) is 0 Å². The minimum atomic E-state index is -1.52. The number of thiazole rings is 1. The number of aryl methyl sites for hydroxylation is 1. The largest absolute Gasteiger partial charge is 0.367 e. The lowest BCUT2D eigenvalue weighted by Gasteiger charge is -2.10. The number of hydrogen-bond acceptors (Lipinski definition) is 5. The Morgan fingerprint density at radius 2 is 1.80 bits per heavy atom. The molecular weight excluding hydrogens is 280 g/mol. The Hall–Kier alpha value is -1.96. The van der Waals surface area contributed by atoms with Gasteiger partial charge in [-0.25, -0.2) is 4.98 Å². The summed E-state index contributed by atoms with van der Waals surface area (Å²) in [6, 6.07) is -1.52. The highest BCUT2D eigenvalue weighted by Crippen LogP contribution is 2.20. The zero-order chi connectivity index (χ0) is 15.4. The maximum atomic E-state index is 12.0. The van der Waals surface area contributed by atoms with Gasteiger partial charge in [0, 0.05) is 6.42 Å². The molecule has 7 nitrogen and oxygen atoms in total. The van der Waals surface area contributed by atoms with Crippen LogP contribution in [0.1, 0.15) is 34.2 Å². The highest BCUT2D eigenvalue weighted by atomic mass is 32.1. The lowest BCUT2D eigenvalue weighted by atomic mass is 10.1. The second kappa shape index (κ2) is 6.47. The monoisotopic (exact) mass is 298 g/mol. The Balaban J connectivity index is 2.89. The number of hydrogen-bond donors (Lipinski definition) is 3. The lowest BCUT2D eigenvalue weighted by Crippen LogP contribution is -2.52. The van der Waals surface area contributed by atoms with Gasteiger partial charge in [0.05, 0.1) is 10.7 Å². The third-order valence-corrected chi connectivity index (χ3v) is 3.65. The second-order valence-corrected chi connectivity index (χ2v) is 5.91. The first kappa shape index (κ1) is 16.1. The minimum absolute atomic E-state index is 0.355. The molecule has 0 aliphatic carbocycles. The van der Waals surface area contributed by atoms with Crippen LogP contribution in [0.4, 0.5) is 0 Å². The van der Waals surface area contributed by atoms with Gasteiger partial charge in [-0.2, -0.15) is 0 Å². The summed E-state index contributed by atoms with van der Waals surface area (Å²) in [7, 11) is 0. The van der Waals surface area contributed by atoms with E-state index in [1.54, 1.807) is 6.92 Å². The van der Waals surface area contributed by atoms with Gasteiger partial charge in [0.15, 0.2) is 6.04 Å². The van der Waals surface area contributed by atoms with E-state index in [2.05, 4.69) is 10.3 Å². The molecule has 1 rings (SSSR count). The summed E-state index contributed by atoms with van der Waals surface area (Å²) in [5.74, 6) is -2.14. The third-order valence-electron chi connectivity index (χ3n) is 2.47. The Kier molecular flexibility index (Phi) is 5.20. The molecule has 0 saturated heterocycles. The van der Waals surface area contributed by atoms with Gasteiger partial charge in [-0.15, -0.1) is 11.3 Å². The van der Waals surface area contributed by atoms with Crippen molar-refractivity contribution < 1.29 is 14.4 Å². The van der Waals surface area contributed by atoms with Crippen molar-refractivity contribution >= 4 is 29.1 Å². The van der Waals surface area contributed by atoms with Crippen molar-refractivity contribution in [2.24, 2.45) is 17.4 Å². The van der Waals surface area contributed by atoms with E-state index < -0.39 is 23.8 Å². The molecule has 0 atom stereocenters. The van der Waals surface area contributed by atoms with Crippen LogP contribution in [-0.4, -0.2) is 28.7 Å². The maximum absolute atomic E-state index is 12.0.